The standard InChI is InChI=1S/C15H16N4O5/c1-10-16-8-14(19(23)24)18(10)9-13(20)17-12(15(21)22)7-11-5-3-2-4-6-11/h2-6,8,12H,7,9H2,1H3,(H,17,20)(H,21,22)/t12-/m0/s1. The summed E-state index contributed by atoms with van der Waals surface area (Å²) in [6.07, 6.45) is 1.17. The summed E-state index contributed by atoms with van der Waals surface area (Å²) < 4.78 is 1.12. The van der Waals surface area contributed by atoms with Crippen molar-refractivity contribution in [1.82, 2.24) is 14.9 Å². The largest absolute Gasteiger partial charge is 0.480 e. The number of imidazole rings is 1. The van der Waals surface area contributed by atoms with Gasteiger partial charge in [-0.1, -0.05) is 30.3 Å². The second-order valence-electron chi connectivity index (χ2n) is 5.15. The molecule has 1 aromatic carbocycles. The van der Waals surface area contributed by atoms with Crippen LogP contribution in [0.25, 0.3) is 0 Å². The van der Waals surface area contributed by atoms with Crippen molar-refractivity contribution in [3.8, 4) is 0 Å². The molecule has 126 valence electrons. The van der Waals surface area contributed by atoms with E-state index in [0.717, 1.165) is 16.3 Å². The summed E-state index contributed by atoms with van der Waals surface area (Å²) in [6.45, 7) is 1.15. The molecular formula is C15H16N4O5. The molecule has 0 aliphatic heterocycles. The van der Waals surface area contributed by atoms with Crippen molar-refractivity contribution in [3.05, 3.63) is 58.0 Å². The summed E-state index contributed by atoms with van der Waals surface area (Å²) in [4.78, 5) is 37.5. The molecule has 2 aromatic rings. The summed E-state index contributed by atoms with van der Waals surface area (Å²) >= 11 is 0. The highest BCUT2D eigenvalue weighted by atomic mass is 16.6. The number of nitrogens with one attached hydrogen (secondary N) is 1. The third kappa shape index (κ3) is 4.15. The Labute approximate surface area is 137 Å². The molecule has 2 N–H and O–H groups in total. The molecular weight excluding hydrogens is 316 g/mol. The molecule has 0 saturated carbocycles. The lowest BCUT2D eigenvalue weighted by atomic mass is 10.1. The van der Waals surface area contributed by atoms with E-state index in [1.807, 2.05) is 0 Å². The van der Waals surface area contributed by atoms with Gasteiger partial charge in [-0.3, -0.25) is 4.79 Å². The van der Waals surface area contributed by atoms with Gasteiger partial charge >= 0.3 is 11.8 Å². The average molecular weight is 332 g/mol. The molecule has 2 rings (SSSR count). The number of carbonyl (C=O) groups excluding carboxylic acids is 1. The van der Waals surface area contributed by atoms with Gasteiger partial charge < -0.3 is 20.5 Å². The molecule has 1 heterocycles. The number of amides is 1. The molecule has 24 heavy (non-hydrogen) atoms. The van der Waals surface area contributed by atoms with E-state index in [1.54, 1.807) is 30.3 Å². The average Bonchev–Trinajstić information content (AvgIpc) is 2.88. The number of aryl methyl sites for hydroxylation is 1. The molecule has 0 spiro atoms. The van der Waals surface area contributed by atoms with Gasteiger partial charge in [0.2, 0.25) is 0 Å². The zero-order chi connectivity index (χ0) is 17.7. The van der Waals surface area contributed by atoms with Gasteiger partial charge in [-0.2, -0.15) is 0 Å². The molecule has 0 aliphatic rings. The topological polar surface area (TPSA) is 127 Å². The molecule has 0 aliphatic carbocycles. The van der Waals surface area contributed by atoms with Crippen LogP contribution in [0.3, 0.4) is 0 Å². The van der Waals surface area contributed by atoms with Crippen molar-refractivity contribution < 1.29 is 19.6 Å². The summed E-state index contributed by atoms with van der Waals surface area (Å²) in [6, 6.07) is 7.74. The van der Waals surface area contributed by atoms with E-state index in [0.29, 0.717) is 5.82 Å². The molecule has 9 heteroatoms. The first-order valence-electron chi connectivity index (χ1n) is 7.11. The minimum atomic E-state index is -1.18. The highest BCUT2D eigenvalue weighted by Crippen LogP contribution is 2.13. The zero-order valence-electron chi connectivity index (χ0n) is 12.9. The lowest BCUT2D eigenvalue weighted by Crippen LogP contribution is -2.43. The van der Waals surface area contributed by atoms with Gasteiger partial charge in [0.1, 0.15) is 12.2 Å². The SMILES string of the molecule is Cc1ncc([N+](=O)[O-])n1CC(=O)N[C@@H](Cc1ccccc1)C(=O)O. The van der Waals surface area contributed by atoms with Crippen molar-refractivity contribution in [2.45, 2.75) is 25.9 Å². The van der Waals surface area contributed by atoms with Gasteiger partial charge in [0.15, 0.2) is 12.4 Å². The number of hydrogen-bond acceptors (Lipinski definition) is 5. The third-order valence-corrected chi connectivity index (χ3v) is 3.44. The second-order valence-corrected chi connectivity index (χ2v) is 5.15. The highest BCUT2D eigenvalue weighted by Gasteiger charge is 2.24. The maximum atomic E-state index is 12.1. The first kappa shape index (κ1) is 17.1. The van der Waals surface area contributed by atoms with Crippen LogP contribution in [0.1, 0.15) is 11.4 Å². The fourth-order valence-corrected chi connectivity index (χ4v) is 2.23. The van der Waals surface area contributed by atoms with E-state index in [1.165, 1.54) is 6.92 Å². The Hall–Kier alpha value is -3.23. The maximum Gasteiger partial charge on any atom is 0.343 e. The predicted molar refractivity (Wildman–Crippen MR) is 83.3 cm³/mol. The predicted octanol–water partition coefficient (Wildman–Crippen LogP) is 0.912. The number of carboxylic acids is 1. The molecule has 1 amide bonds. The van der Waals surface area contributed by atoms with Gasteiger partial charge in [0.05, 0.1) is 0 Å². The van der Waals surface area contributed by atoms with Crippen LogP contribution in [0.4, 0.5) is 5.82 Å². The number of hydrogen-bond donors (Lipinski definition) is 2. The van der Waals surface area contributed by atoms with E-state index in [2.05, 4.69) is 10.3 Å². The van der Waals surface area contributed by atoms with Gasteiger partial charge in [-0.05, 0) is 10.5 Å². The van der Waals surface area contributed by atoms with Crippen LogP contribution in [0.5, 0.6) is 0 Å². The van der Waals surface area contributed by atoms with E-state index >= 15 is 0 Å². The molecule has 0 fully saturated rings. The third-order valence-electron chi connectivity index (χ3n) is 3.44. The molecule has 0 radical (unpaired) electrons. The van der Waals surface area contributed by atoms with Gasteiger partial charge in [-0.25, -0.2) is 14.3 Å². The van der Waals surface area contributed by atoms with Gasteiger partial charge in [0, 0.05) is 13.3 Å². The molecule has 0 saturated heterocycles. The highest BCUT2D eigenvalue weighted by molar-refractivity contribution is 5.83. The molecule has 1 aromatic heterocycles. The first-order valence-corrected chi connectivity index (χ1v) is 7.11. The monoisotopic (exact) mass is 332 g/mol. The first-order chi connectivity index (χ1) is 11.4. The number of aliphatic carboxylic acids is 1. The van der Waals surface area contributed by atoms with Crippen molar-refractivity contribution in [2.75, 3.05) is 0 Å². The number of nitro groups is 1. The van der Waals surface area contributed by atoms with Crippen molar-refractivity contribution >= 4 is 17.7 Å². The quantitative estimate of drug-likeness (QED) is 0.573. The molecule has 9 nitrogen and oxygen atoms in total. The summed E-state index contributed by atoms with van der Waals surface area (Å²) in [5.41, 5.74) is 0.759. The lowest BCUT2D eigenvalue weighted by Gasteiger charge is -2.14. The van der Waals surface area contributed by atoms with Crippen LogP contribution < -0.4 is 5.32 Å². The maximum absolute atomic E-state index is 12.1. The molecule has 0 unspecified atom stereocenters. The normalized spacial score (nSPS) is 11.7. The van der Waals surface area contributed by atoms with Gasteiger partial charge in [0.25, 0.3) is 5.91 Å². The smallest absolute Gasteiger partial charge is 0.343 e. The van der Waals surface area contributed by atoms with Crippen LogP contribution in [0.2, 0.25) is 0 Å². The van der Waals surface area contributed by atoms with Crippen LogP contribution in [0, 0.1) is 17.0 Å². The van der Waals surface area contributed by atoms with Crippen LogP contribution in [-0.4, -0.2) is 37.5 Å². The summed E-state index contributed by atoms with van der Waals surface area (Å²) in [5.74, 6) is -1.84. The van der Waals surface area contributed by atoms with Crippen LogP contribution in [0.15, 0.2) is 36.5 Å². The van der Waals surface area contributed by atoms with E-state index in [4.69, 9.17) is 0 Å². The molecule has 1 atom stereocenters. The fourth-order valence-electron chi connectivity index (χ4n) is 2.23. The Balaban J connectivity index is 2.08. The van der Waals surface area contributed by atoms with Crippen molar-refractivity contribution in [1.29, 1.82) is 0 Å². The number of aromatic nitrogens is 2. The summed E-state index contributed by atoms with van der Waals surface area (Å²) in [5, 5.41) is 22.6. The number of benzene rings is 1. The Morgan fingerprint density at radius 1 is 1.38 bits per heavy atom. The van der Waals surface area contributed by atoms with Gasteiger partial charge in [-0.15, -0.1) is 0 Å². The Bertz CT molecular complexity index is 756. The van der Waals surface area contributed by atoms with E-state index in [-0.39, 0.29) is 18.8 Å². The fraction of sp³-hybridized carbons (Fsp3) is 0.267. The van der Waals surface area contributed by atoms with E-state index < -0.39 is 22.8 Å². The minimum absolute atomic E-state index is 0.118. The number of carboxylic acid groups (broad SMARTS) is 1. The van der Waals surface area contributed by atoms with E-state index in [9.17, 15) is 24.8 Å². The summed E-state index contributed by atoms with van der Waals surface area (Å²) in [7, 11) is 0. The number of nitrogens with zero attached hydrogens (tertiary/aromatic N) is 3. The Kier molecular flexibility index (Phi) is 5.25. The van der Waals surface area contributed by atoms with Crippen molar-refractivity contribution in [3.63, 3.8) is 0 Å². The van der Waals surface area contributed by atoms with Crippen molar-refractivity contribution in [2.24, 2.45) is 0 Å². The number of rotatable bonds is 7. The minimum Gasteiger partial charge on any atom is -0.480 e. The zero-order valence-corrected chi connectivity index (χ0v) is 12.9. The number of carbonyl (C=O) groups is 2. The van der Waals surface area contributed by atoms with Crippen LogP contribution >= 0.6 is 0 Å². The second kappa shape index (κ2) is 7.36. The lowest BCUT2D eigenvalue weighted by molar-refractivity contribution is -0.392. The Morgan fingerprint density at radius 3 is 2.62 bits per heavy atom. The Morgan fingerprint density at radius 2 is 2.04 bits per heavy atom. The van der Waals surface area contributed by atoms with Crippen LogP contribution in [-0.2, 0) is 22.6 Å². The molecule has 0 bridgehead atoms.